The molecule has 5 heteroatoms. The molecule has 0 aliphatic carbocycles. The Morgan fingerprint density at radius 2 is 1.71 bits per heavy atom. The van der Waals surface area contributed by atoms with Crippen LogP contribution in [0.15, 0.2) is 63.7 Å². The van der Waals surface area contributed by atoms with E-state index in [1.54, 1.807) is 12.3 Å². The second-order valence-electron chi connectivity index (χ2n) is 4.66. The zero-order valence-electron chi connectivity index (χ0n) is 11.0. The standard InChI is InChI=1S/C16H11N3O2/c17-13-7-3-1-6-11(13)16-18-15(19-21-16)12-9-20-14-8-4-2-5-10(12)14/h1-9H,17H2. The fourth-order valence-corrected chi connectivity index (χ4v) is 2.29. The average Bonchev–Trinajstić information content (AvgIpc) is 3.14. The van der Waals surface area contributed by atoms with Gasteiger partial charge < -0.3 is 14.7 Å². The molecule has 0 aliphatic rings. The van der Waals surface area contributed by atoms with Gasteiger partial charge in [-0.2, -0.15) is 4.98 Å². The Balaban J connectivity index is 1.83. The lowest BCUT2D eigenvalue weighted by molar-refractivity contribution is 0.432. The first-order valence-electron chi connectivity index (χ1n) is 6.48. The highest BCUT2D eigenvalue weighted by molar-refractivity contribution is 5.92. The number of fused-ring (bicyclic) bond motifs is 1. The van der Waals surface area contributed by atoms with E-state index in [1.807, 2.05) is 42.5 Å². The minimum Gasteiger partial charge on any atom is -0.464 e. The van der Waals surface area contributed by atoms with Gasteiger partial charge in [0.05, 0.1) is 11.1 Å². The predicted octanol–water partition coefficient (Wildman–Crippen LogP) is 3.73. The minimum atomic E-state index is 0.397. The molecule has 0 aliphatic heterocycles. The van der Waals surface area contributed by atoms with Gasteiger partial charge in [0.25, 0.3) is 5.89 Å². The number of hydrogen-bond donors (Lipinski definition) is 1. The van der Waals surface area contributed by atoms with Crippen molar-refractivity contribution >= 4 is 16.7 Å². The summed E-state index contributed by atoms with van der Waals surface area (Å²) in [7, 11) is 0. The maximum absolute atomic E-state index is 5.92. The van der Waals surface area contributed by atoms with Crippen molar-refractivity contribution in [2.24, 2.45) is 0 Å². The third-order valence-electron chi connectivity index (χ3n) is 3.34. The van der Waals surface area contributed by atoms with Gasteiger partial charge in [-0.1, -0.05) is 35.5 Å². The molecule has 2 N–H and O–H groups in total. The highest BCUT2D eigenvalue weighted by Crippen LogP contribution is 2.31. The van der Waals surface area contributed by atoms with E-state index < -0.39 is 0 Å². The summed E-state index contributed by atoms with van der Waals surface area (Å²) in [6.07, 6.45) is 1.63. The Labute approximate surface area is 120 Å². The fraction of sp³-hybridized carbons (Fsp3) is 0. The van der Waals surface area contributed by atoms with Crippen LogP contribution >= 0.6 is 0 Å². The third-order valence-corrected chi connectivity index (χ3v) is 3.34. The number of nitrogens with zero attached hydrogens (tertiary/aromatic N) is 2. The molecule has 2 heterocycles. The monoisotopic (exact) mass is 277 g/mol. The van der Waals surface area contributed by atoms with Crippen molar-refractivity contribution in [3.63, 3.8) is 0 Å². The minimum absolute atomic E-state index is 0.397. The zero-order valence-corrected chi connectivity index (χ0v) is 11.0. The van der Waals surface area contributed by atoms with Crippen LogP contribution in [0.2, 0.25) is 0 Å². The third kappa shape index (κ3) is 1.87. The number of hydrogen-bond acceptors (Lipinski definition) is 5. The van der Waals surface area contributed by atoms with Crippen LogP contribution in [0.25, 0.3) is 33.8 Å². The molecule has 0 saturated carbocycles. The molecule has 0 atom stereocenters. The number of benzene rings is 2. The van der Waals surface area contributed by atoms with E-state index in [0.717, 1.165) is 22.1 Å². The van der Waals surface area contributed by atoms with Gasteiger partial charge in [0, 0.05) is 11.1 Å². The van der Waals surface area contributed by atoms with Gasteiger partial charge in [-0.05, 0) is 18.2 Å². The van der Waals surface area contributed by atoms with Crippen molar-refractivity contribution in [2.45, 2.75) is 0 Å². The molecule has 2 aromatic carbocycles. The number of rotatable bonds is 2. The summed E-state index contributed by atoms with van der Waals surface area (Å²) in [6.45, 7) is 0. The summed E-state index contributed by atoms with van der Waals surface area (Å²) >= 11 is 0. The van der Waals surface area contributed by atoms with Gasteiger partial charge >= 0.3 is 0 Å². The zero-order chi connectivity index (χ0) is 14.2. The van der Waals surface area contributed by atoms with Crippen LogP contribution in [-0.2, 0) is 0 Å². The van der Waals surface area contributed by atoms with Crippen molar-refractivity contribution in [3.8, 4) is 22.8 Å². The van der Waals surface area contributed by atoms with Gasteiger partial charge in [-0.15, -0.1) is 0 Å². The number of para-hydroxylation sites is 2. The smallest absolute Gasteiger partial charge is 0.260 e. The molecule has 4 aromatic rings. The largest absolute Gasteiger partial charge is 0.464 e. The van der Waals surface area contributed by atoms with Gasteiger partial charge in [-0.25, -0.2) is 0 Å². The maximum atomic E-state index is 5.92. The Morgan fingerprint density at radius 1 is 0.905 bits per heavy atom. The lowest BCUT2D eigenvalue weighted by Gasteiger charge is -1.97. The number of nitrogens with two attached hydrogens (primary N) is 1. The first-order valence-corrected chi connectivity index (χ1v) is 6.48. The molecule has 5 nitrogen and oxygen atoms in total. The summed E-state index contributed by atoms with van der Waals surface area (Å²) in [5.74, 6) is 0.881. The van der Waals surface area contributed by atoms with Crippen LogP contribution in [0, 0.1) is 0 Å². The van der Waals surface area contributed by atoms with Crippen molar-refractivity contribution in [2.75, 3.05) is 5.73 Å². The van der Waals surface area contributed by atoms with E-state index in [1.165, 1.54) is 0 Å². The van der Waals surface area contributed by atoms with Crippen molar-refractivity contribution in [3.05, 3.63) is 54.8 Å². The molecule has 0 radical (unpaired) electrons. The topological polar surface area (TPSA) is 78.1 Å². The van der Waals surface area contributed by atoms with E-state index in [0.29, 0.717) is 17.4 Å². The van der Waals surface area contributed by atoms with Crippen LogP contribution in [-0.4, -0.2) is 10.1 Å². The van der Waals surface area contributed by atoms with Crippen LogP contribution in [0.3, 0.4) is 0 Å². The Hall–Kier alpha value is -3.08. The Morgan fingerprint density at radius 3 is 2.62 bits per heavy atom. The molecular formula is C16H11N3O2. The van der Waals surface area contributed by atoms with E-state index in [4.69, 9.17) is 14.7 Å². The van der Waals surface area contributed by atoms with Crippen LogP contribution < -0.4 is 5.73 Å². The van der Waals surface area contributed by atoms with E-state index in [-0.39, 0.29) is 0 Å². The molecule has 4 rings (SSSR count). The molecule has 0 amide bonds. The van der Waals surface area contributed by atoms with Crippen molar-refractivity contribution in [1.82, 2.24) is 10.1 Å². The first kappa shape index (κ1) is 11.7. The lowest BCUT2D eigenvalue weighted by atomic mass is 10.1. The second-order valence-corrected chi connectivity index (χ2v) is 4.66. The van der Waals surface area contributed by atoms with Gasteiger partial charge in [0.1, 0.15) is 11.8 Å². The summed E-state index contributed by atoms with van der Waals surface area (Å²) < 4.78 is 10.8. The molecule has 0 bridgehead atoms. The Bertz CT molecular complexity index is 924. The van der Waals surface area contributed by atoms with E-state index in [2.05, 4.69) is 10.1 Å². The molecule has 0 unspecified atom stereocenters. The molecule has 0 spiro atoms. The normalized spacial score (nSPS) is 11.0. The highest BCUT2D eigenvalue weighted by Gasteiger charge is 2.16. The number of aromatic nitrogens is 2. The quantitative estimate of drug-likeness (QED) is 0.565. The lowest BCUT2D eigenvalue weighted by Crippen LogP contribution is -1.89. The van der Waals surface area contributed by atoms with Crippen LogP contribution in [0.4, 0.5) is 5.69 Å². The molecule has 2 aromatic heterocycles. The van der Waals surface area contributed by atoms with Gasteiger partial charge in [0.2, 0.25) is 5.82 Å². The van der Waals surface area contributed by atoms with E-state index >= 15 is 0 Å². The summed E-state index contributed by atoms with van der Waals surface area (Å²) in [5.41, 5.74) is 8.84. The summed E-state index contributed by atoms with van der Waals surface area (Å²) in [6, 6.07) is 15.1. The van der Waals surface area contributed by atoms with Crippen molar-refractivity contribution in [1.29, 1.82) is 0 Å². The molecule has 21 heavy (non-hydrogen) atoms. The average molecular weight is 277 g/mol. The highest BCUT2D eigenvalue weighted by atomic mass is 16.5. The predicted molar refractivity (Wildman–Crippen MR) is 79.4 cm³/mol. The SMILES string of the molecule is Nc1ccccc1-c1nc(-c2coc3ccccc23)no1. The number of anilines is 1. The maximum Gasteiger partial charge on any atom is 0.260 e. The van der Waals surface area contributed by atoms with Gasteiger partial charge in [0.15, 0.2) is 0 Å². The van der Waals surface area contributed by atoms with E-state index in [9.17, 15) is 0 Å². The molecule has 0 saturated heterocycles. The first-order chi connectivity index (χ1) is 10.3. The molecule has 102 valence electrons. The number of furan rings is 1. The van der Waals surface area contributed by atoms with Crippen molar-refractivity contribution < 1.29 is 8.94 Å². The van der Waals surface area contributed by atoms with Gasteiger partial charge in [-0.3, -0.25) is 0 Å². The summed E-state index contributed by atoms with van der Waals surface area (Å²) in [5, 5.41) is 4.97. The second kappa shape index (κ2) is 4.49. The molecular weight excluding hydrogens is 266 g/mol. The molecule has 0 fully saturated rings. The Kier molecular flexibility index (Phi) is 2.50. The van der Waals surface area contributed by atoms with Crippen LogP contribution in [0.5, 0.6) is 0 Å². The summed E-state index contributed by atoms with van der Waals surface area (Å²) in [4.78, 5) is 4.42. The van der Waals surface area contributed by atoms with Crippen LogP contribution in [0.1, 0.15) is 0 Å². The fourth-order valence-electron chi connectivity index (χ4n) is 2.29. The number of nitrogen functional groups attached to an aromatic ring is 1.